The molecule has 0 spiro atoms. The summed E-state index contributed by atoms with van der Waals surface area (Å²) >= 11 is 6.08. The molecular formula is C12H18ClN3. The number of rotatable bonds is 3. The highest BCUT2D eigenvalue weighted by molar-refractivity contribution is 6.20. The van der Waals surface area contributed by atoms with Crippen molar-refractivity contribution in [2.75, 3.05) is 11.9 Å². The minimum Gasteiger partial charge on any atom is -0.370 e. The van der Waals surface area contributed by atoms with Gasteiger partial charge < -0.3 is 5.32 Å². The summed E-state index contributed by atoms with van der Waals surface area (Å²) in [6.45, 7) is 2.98. The van der Waals surface area contributed by atoms with E-state index in [0.717, 1.165) is 36.8 Å². The third-order valence-electron chi connectivity index (χ3n) is 3.15. The van der Waals surface area contributed by atoms with Gasteiger partial charge in [0.05, 0.1) is 0 Å². The number of hydrogen-bond acceptors (Lipinski definition) is 3. The second-order valence-electron chi connectivity index (χ2n) is 4.54. The van der Waals surface area contributed by atoms with E-state index in [4.69, 9.17) is 11.6 Å². The molecule has 1 saturated carbocycles. The molecule has 88 valence electrons. The number of nitrogens with zero attached hydrogens (tertiary/aromatic N) is 2. The van der Waals surface area contributed by atoms with Crippen molar-refractivity contribution in [3.8, 4) is 0 Å². The van der Waals surface area contributed by atoms with Crippen LogP contribution in [0.4, 0.5) is 5.82 Å². The molecule has 0 unspecified atom stereocenters. The Bertz CT molecular complexity index is 335. The zero-order valence-corrected chi connectivity index (χ0v) is 10.4. The van der Waals surface area contributed by atoms with Crippen molar-refractivity contribution >= 4 is 17.4 Å². The molecule has 2 rings (SSSR count). The van der Waals surface area contributed by atoms with E-state index < -0.39 is 0 Å². The van der Waals surface area contributed by atoms with Crippen LogP contribution in [0.2, 0.25) is 0 Å². The van der Waals surface area contributed by atoms with Crippen molar-refractivity contribution in [2.45, 2.75) is 38.0 Å². The lowest BCUT2D eigenvalue weighted by Gasteiger charge is -2.25. The Morgan fingerprint density at radius 2 is 2.06 bits per heavy atom. The molecule has 0 aromatic carbocycles. The van der Waals surface area contributed by atoms with E-state index in [1.54, 1.807) is 6.33 Å². The van der Waals surface area contributed by atoms with Gasteiger partial charge in [-0.1, -0.05) is 0 Å². The number of alkyl halides is 1. The van der Waals surface area contributed by atoms with Crippen molar-refractivity contribution in [3.63, 3.8) is 0 Å². The number of anilines is 1. The molecule has 0 radical (unpaired) electrons. The molecule has 16 heavy (non-hydrogen) atoms. The van der Waals surface area contributed by atoms with Crippen LogP contribution in [0.3, 0.4) is 0 Å². The van der Waals surface area contributed by atoms with Crippen LogP contribution < -0.4 is 5.32 Å². The van der Waals surface area contributed by atoms with E-state index in [-0.39, 0.29) is 0 Å². The van der Waals surface area contributed by atoms with Crippen LogP contribution in [0.25, 0.3) is 0 Å². The van der Waals surface area contributed by atoms with Crippen molar-refractivity contribution in [1.82, 2.24) is 9.97 Å². The van der Waals surface area contributed by atoms with Gasteiger partial charge >= 0.3 is 0 Å². The maximum Gasteiger partial charge on any atom is 0.129 e. The van der Waals surface area contributed by atoms with Crippen molar-refractivity contribution in [3.05, 3.63) is 18.1 Å². The van der Waals surface area contributed by atoms with Gasteiger partial charge in [0.2, 0.25) is 0 Å². The standard InChI is InChI=1S/C12H18ClN3/c1-9-6-12(16-8-15-9)14-7-10-2-4-11(13)5-3-10/h6,8,10-11H,2-5,7H2,1H3,(H,14,15,16). The normalized spacial score (nSPS) is 25.4. The van der Waals surface area contributed by atoms with E-state index in [1.165, 1.54) is 12.8 Å². The number of aromatic nitrogens is 2. The maximum absolute atomic E-state index is 6.08. The number of aryl methyl sites for hydroxylation is 1. The third kappa shape index (κ3) is 3.34. The maximum atomic E-state index is 6.08. The molecule has 0 bridgehead atoms. The van der Waals surface area contributed by atoms with E-state index in [1.807, 2.05) is 13.0 Å². The van der Waals surface area contributed by atoms with Gasteiger partial charge in [-0.25, -0.2) is 9.97 Å². The average molecular weight is 240 g/mol. The molecule has 4 heteroatoms. The molecule has 0 amide bonds. The van der Waals surface area contributed by atoms with Crippen LogP contribution in [-0.2, 0) is 0 Å². The first-order valence-corrected chi connectivity index (χ1v) is 6.34. The van der Waals surface area contributed by atoms with Crippen LogP contribution >= 0.6 is 11.6 Å². The Balaban J connectivity index is 1.79. The molecule has 1 aliphatic carbocycles. The highest BCUT2D eigenvalue weighted by Crippen LogP contribution is 2.27. The van der Waals surface area contributed by atoms with Crippen LogP contribution in [-0.4, -0.2) is 21.9 Å². The molecule has 1 heterocycles. The SMILES string of the molecule is Cc1cc(NCC2CCC(Cl)CC2)ncn1. The smallest absolute Gasteiger partial charge is 0.129 e. The summed E-state index contributed by atoms with van der Waals surface area (Å²) in [5.41, 5.74) is 1.00. The third-order valence-corrected chi connectivity index (χ3v) is 3.59. The quantitative estimate of drug-likeness (QED) is 0.824. The first kappa shape index (κ1) is 11.6. The van der Waals surface area contributed by atoms with Gasteiger partial charge in [-0.2, -0.15) is 0 Å². The molecular weight excluding hydrogens is 222 g/mol. The lowest BCUT2D eigenvalue weighted by Crippen LogP contribution is -2.21. The van der Waals surface area contributed by atoms with Gasteiger partial charge in [0.15, 0.2) is 0 Å². The Morgan fingerprint density at radius 1 is 1.31 bits per heavy atom. The summed E-state index contributed by atoms with van der Waals surface area (Å²) in [6, 6.07) is 1.98. The molecule has 0 atom stereocenters. The fourth-order valence-corrected chi connectivity index (χ4v) is 2.38. The summed E-state index contributed by atoms with van der Waals surface area (Å²) < 4.78 is 0. The van der Waals surface area contributed by atoms with Gasteiger partial charge in [-0.05, 0) is 38.5 Å². The lowest BCUT2D eigenvalue weighted by atomic mass is 9.89. The number of halogens is 1. The Morgan fingerprint density at radius 3 is 2.75 bits per heavy atom. The van der Waals surface area contributed by atoms with Crippen molar-refractivity contribution in [1.29, 1.82) is 0 Å². The summed E-state index contributed by atoms with van der Waals surface area (Å²) in [5, 5.41) is 3.78. The van der Waals surface area contributed by atoms with E-state index in [0.29, 0.717) is 5.38 Å². The van der Waals surface area contributed by atoms with Gasteiger partial charge in [-0.3, -0.25) is 0 Å². The molecule has 1 aliphatic rings. The first-order valence-electron chi connectivity index (χ1n) is 5.90. The highest BCUT2D eigenvalue weighted by atomic mass is 35.5. The zero-order valence-electron chi connectivity index (χ0n) is 9.62. The largest absolute Gasteiger partial charge is 0.370 e. The summed E-state index contributed by atoms with van der Waals surface area (Å²) in [7, 11) is 0. The zero-order chi connectivity index (χ0) is 11.4. The minimum atomic E-state index is 0.401. The summed E-state index contributed by atoms with van der Waals surface area (Å²) in [6.07, 6.45) is 6.36. The molecule has 1 aromatic rings. The Kier molecular flexibility index (Phi) is 3.99. The van der Waals surface area contributed by atoms with Gasteiger partial charge in [-0.15, -0.1) is 11.6 Å². The van der Waals surface area contributed by atoms with E-state index >= 15 is 0 Å². The Labute approximate surface area is 102 Å². The average Bonchev–Trinajstić information content (AvgIpc) is 2.28. The highest BCUT2D eigenvalue weighted by Gasteiger charge is 2.19. The molecule has 3 nitrogen and oxygen atoms in total. The van der Waals surface area contributed by atoms with Gasteiger partial charge in [0.25, 0.3) is 0 Å². The number of nitrogens with one attached hydrogen (secondary N) is 1. The van der Waals surface area contributed by atoms with E-state index in [9.17, 15) is 0 Å². The van der Waals surface area contributed by atoms with E-state index in [2.05, 4.69) is 15.3 Å². The Hall–Kier alpha value is -0.830. The van der Waals surface area contributed by atoms with Crippen LogP contribution in [0.1, 0.15) is 31.4 Å². The molecule has 0 saturated heterocycles. The lowest BCUT2D eigenvalue weighted by molar-refractivity contribution is 0.377. The molecule has 1 N–H and O–H groups in total. The molecule has 1 aromatic heterocycles. The fraction of sp³-hybridized carbons (Fsp3) is 0.667. The van der Waals surface area contributed by atoms with Gasteiger partial charge in [0.1, 0.15) is 12.1 Å². The second kappa shape index (κ2) is 5.48. The summed E-state index contributed by atoms with van der Waals surface area (Å²) in [5.74, 6) is 1.67. The van der Waals surface area contributed by atoms with Crippen LogP contribution in [0.15, 0.2) is 12.4 Å². The first-order chi connectivity index (χ1) is 7.74. The number of hydrogen-bond donors (Lipinski definition) is 1. The molecule has 0 aliphatic heterocycles. The van der Waals surface area contributed by atoms with Gasteiger partial charge in [0, 0.05) is 23.7 Å². The van der Waals surface area contributed by atoms with Crippen molar-refractivity contribution < 1.29 is 0 Å². The topological polar surface area (TPSA) is 37.8 Å². The van der Waals surface area contributed by atoms with Crippen LogP contribution in [0.5, 0.6) is 0 Å². The summed E-state index contributed by atoms with van der Waals surface area (Å²) in [4.78, 5) is 8.27. The second-order valence-corrected chi connectivity index (χ2v) is 5.16. The predicted molar refractivity (Wildman–Crippen MR) is 66.9 cm³/mol. The van der Waals surface area contributed by atoms with Crippen molar-refractivity contribution in [2.24, 2.45) is 5.92 Å². The fourth-order valence-electron chi connectivity index (χ4n) is 2.13. The predicted octanol–water partition coefficient (Wildman–Crippen LogP) is 2.99. The molecule has 1 fully saturated rings. The van der Waals surface area contributed by atoms with Crippen LogP contribution in [0, 0.1) is 12.8 Å². The minimum absolute atomic E-state index is 0.401. The monoisotopic (exact) mass is 239 g/mol.